The van der Waals surface area contributed by atoms with Crippen LogP contribution in [0, 0.1) is 6.92 Å². The van der Waals surface area contributed by atoms with Gasteiger partial charge >= 0.3 is 5.63 Å². The molecule has 1 aromatic heterocycles. The van der Waals surface area contributed by atoms with Crippen molar-refractivity contribution in [2.45, 2.75) is 26.4 Å². The standard InChI is InChI=1S/C28H27NO5/c1-17-21-11-13-23-22(15-29(16-33-23)18(2)19-8-6-5-7-9-19)27(21)34-28(30)26(17)20-10-12-24(31-3)25(14-20)32-4/h5-14,18H,15-16H2,1-4H3. The third-order valence-electron chi connectivity index (χ3n) is 6.64. The lowest BCUT2D eigenvalue weighted by molar-refractivity contribution is 0.0620. The summed E-state index contributed by atoms with van der Waals surface area (Å²) in [5.41, 5.74) is 4.38. The summed E-state index contributed by atoms with van der Waals surface area (Å²) in [6, 6.07) is 19.8. The van der Waals surface area contributed by atoms with Gasteiger partial charge in [-0.1, -0.05) is 36.4 Å². The van der Waals surface area contributed by atoms with Gasteiger partial charge < -0.3 is 18.6 Å². The van der Waals surface area contributed by atoms with E-state index in [-0.39, 0.29) is 11.7 Å². The van der Waals surface area contributed by atoms with Crippen LogP contribution >= 0.6 is 0 Å². The van der Waals surface area contributed by atoms with Crippen molar-refractivity contribution >= 4 is 11.0 Å². The van der Waals surface area contributed by atoms with Gasteiger partial charge in [0.15, 0.2) is 11.5 Å². The van der Waals surface area contributed by atoms with Crippen molar-refractivity contribution in [3.63, 3.8) is 0 Å². The van der Waals surface area contributed by atoms with Crippen LogP contribution in [0.2, 0.25) is 0 Å². The van der Waals surface area contributed by atoms with E-state index in [0.717, 1.165) is 27.8 Å². The summed E-state index contributed by atoms with van der Waals surface area (Å²) in [6.07, 6.45) is 0. The Balaban J connectivity index is 1.59. The van der Waals surface area contributed by atoms with E-state index in [4.69, 9.17) is 18.6 Å². The SMILES string of the molecule is COc1ccc(-c2c(C)c3ccc4c(c3oc2=O)CN(C(C)c2ccccc2)CO4)cc1OC. The second-order valence-corrected chi connectivity index (χ2v) is 8.49. The fourth-order valence-electron chi connectivity index (χ4n) is 4.66. The molecule has 0 radical (unpaired) electrons. The van der Waals surface area contributed by atoms with Gasteiger partial charge in [0.25, 0.3) is 0 Å². The van der Waals surface area contributed by atoms with Crippen LogP contribution in [0.1, 0.15) is 29.7 Å². The van der Waals surface area contributed by atoms with Crippen molar-refractivity contribution in [2.24, 2.45) is 0 Å². The fourth-order valence-corrected chi connectivity index (χ4v) is 4.66. The van der Waals surface area contributed by atoms with Crippen LogP contribution < -0.4 is 19.8 Å². The number of hydrogen-bond acceptors (Lipinski definition) is 6. The normalized spacial score (nSPS) is 14.4. The van der Waals surface area contributed by atoms with Gasteiger partial charge in [-0.2, -0.15) is 0 Å². The number of hydrogen-bond donors (Lipinski definition) is 0. The largest absolute Gasteiger partial charge is 0.493 e. The lowest BCUT2D eigenvalue weighted by Crippen LogP contribution is -2.34. The maximum Gasteiger partial charge on any atom is 0.344 e. The molecule has 5 rings (SSSR count). The lowest BCUT2D eigenvalue weighted by Gasteiger charge is -2.34. The molecule has 0 bridgehead atoms. The van der Waals surface area contributed by atoms with Gasteiger partial charge in [0.1, 0.15) is 18.1 Å². The van der Waals surface area contributed by atoms with Crippen molar-refractivity contribution in [3.05, 3.63) is 87.8 Å². The number of rotatable bonds is 5. The molecule has 0 saturated carbocycles. The molecule has 0 N–H and O–H groups in total. The summed E-state index contributed by atoms with van der Waals surface area (Å²) in [7, 11) is 3.16. The van der Waals surface area contributed by atoms with Crippen molar-refractivity contribution in [1.29, 1.82) is 0 Å². The van der Waals surface area contributed by atoms with Crippen molar-refractivity contribution in [1.82, 2.24) is 4.90 Å². The zero-order valence-corrected chi connectivity index (χ0v) is 19.8. The lowest BCUT2D eigenvalue weighted by atomic mass is 9.97. The van der Waals surface area contributed by atoms with E-state index in [2.05, 4.69) is 24.0 Å². The van der Waals surface area contributed by atoms with Crippen LogP contribution in [0.3, 0.4) is 0 Å². The van der Waals surface area contributed by atoms with Gasteiger partial charge in [-0.15, -0.1) is 0 Å². The highest BCUT2D eigenvalue weighted by atomic mass is 16.5. The predicted octanol–water partition coefficient (Wildman–Crippen LogP) is 5.70. The van der Waals surface area contributed by atoms with E-state index >= 15 is 0 Å². The highest BCUT2D eigenvalue weighted by Gasteiger charge is 2.27. The minimum atomic E-state index is -0.390. The molecule has 0 amide bonds. The van der Waals surface area contributed by atoms with Crippen molar-refractivity contribution in [2.75, 3.05) is 21.0 Å². The highest BCUT2D eigenvalue weighted by molar-refractivity contribution is 5.90. The van der Waals surface area contributed by atoms with Crippen LogP contribution in [-0.4, -0.2) is 25.9 Å². The summed E-state index contributed by atoms with van der Waals surface area (Å²) in [6.45, 7) is 5.21. The number of nitrogens with zero attached hydrogens (tertiary/aromatic N) is 1. The molecule has 1 aliphatic rings. The maximum atomic E-state index is 13.2. The first-order valence-electron chi connectivity index (χ1n) is 11.2. The first kappa shape index (κ1) is 22.0. The molecule has 4 aromatic rings. The molecule has 0 fully saturated rings. The Labute approximate surface area is 198 Å². The number of fused-ring (bicyclic) bond motifs is 3. The van der Waals surface area contributed by atoms with E-state index in [1.165, 1.54) is 5.56 Å². The van der Waals surface area contributed by atoms with Gasteiger partial charge in [-0.25, -0.2) is 4.79 Å². The Kier molecular flexibility index (Phi) is 5.75. The molecule has 0 aliphatic carbocycles. The third-order valence-corrected chi connectivity index (χ3v) is 6.64. The minimum absolute atomic E-state index is 0.156. The summed E-state index contributed by atoms with van der Waals surface area (Å²) in [5.74, 6) is 1.92. The molecule has 174 valence electrons. The van der Waals surface area contributed by atoms with E-state index in [1.54, 1.807) is 26.4 Å². The van der Waals surface area contributed by atoms with Crippen LogP contribution in [0.25, 0.3) is 22.1 Å². The molecule has 0 saturated heterocycles. The summed E-state index contributed by atoms with van der Waals surface area (Å²) in [5, 5.41) is 0.890. The summed E-state index contributed by atoms with van der Waals surface area (Å²) in [4.78, 5) is 15.5. The zero-order chi connectivity index (χ0) is 23.8. The second kappa shape index (κ2) is 8.88. The average molecular weight is 458 g/mol. The Bertz CT molecular complexity index is 1410. The van der Waals surface area contributed by atoms with Crippen molar-refractivity contribution < 1.29 is 18.6 Å². The first-order chi connectivity index (χ1) is 16.5. The second-order valence-electron chi connectivity index (χ2n) is 8.49. The quantitative estimate of drug-likeness (QED) is 0.358. The first-order valence-corrected chi connectivity index (χ1v) is 11.2. The zero-order valence-electron chi connectivity index (χ0n) is 19.8. The van der Waals surface area contributed by atoms with Crippen LogP contribution in [0.5, 0.6) is 17.2 Å². The molecule has 6 nitrogen and oxygen atoms in total. The van der Waals surface area contributed by atoms with E-state index in [0.29, 0.717) is 35.9 Å². The fraction of sp³-hybridized carbons (Fsp3) is 0.250. The molecule has 0 spiro atoms. The van der Waals surface area contributed by atoms with Gasteiger partial charge in [0.05, 0.1) is 25.3 Å². The molecule has 1 unspecified atom stereocenters. The van der Waals surface area contributed by atoms with E-state index in [1.807, 2.05) is 43.3 Å². The highest BCUT2D eigenvalue weighted by Crippen LogP contribution is 2.38. The average Bonchev–Trinajstić information content (AvgIpc) is 2.88. The predicted molar refractivity (Wildman–Crippen MR) is 132 cm³/mol. The smallest absolute Gasteiger partial charge is 0.344 e. The Hall–Kier alpha value is -3.77. The molecule has 34 heavy (non-hydrogen) atoms. The van der Waals surface area contributed by atoms with Crippen LogP contribution in [0.4, 0.5) is 0 Å². The monoisotopic (exact) mass is 457 g/mol. The molecular formula is C28H27NO5. The van der Waals surface area contributed by atoms with Gasteiger partial charge in [0, 0.05) is 18.0 Å². The number of ether oxygens (including phenoxy) is 3. The van der Waals surface area contributed by atoms with E-state index < -0.39 is 0 Å². The van der Waals surface area contributed by atoms with Gasteiger partial charge in [-0.05, 0) is 54.8 Å². The summed E-state index contributed by atoms with van der Waals surface area (Å²) < 4.78 is 22.8. The number of benzene rings is 3. The van der Waals surface area contributed by atoms with Crippen molar-refractivity contribution in [3.8, 4) is 28.4 Å². The van der Waals surface area contributed by atoms with Crippen LogP contribution in [-0.2, 0) is 6.54 Å². The minimum Gasteiger partial charge on any atom is -0.493 e. The van der Waals surface area contributed by atoms with Gasteiger partial charge in [0.2, 0.25) is 0 Å². The van der Waals surface area contributed by atoms with E-state index in [9.17, 15) is 4.79 Å². The van der Waals surface area contributed by atoms with Crippen LogP contribution in [0.15, 0.2) is 69.9 Å². The number of methoxy groups -OCH3 is 2. The molecule has 3 aromatic carbocycles. The third kappa shape index (κ3) is 3.70. The Morgan fingerprint density at radius 1 is 0.971 bits per heavy atom. The number of aryl methyl sites for hydroxylation is 1. The maximum absolute atomic E-state index is 13.2. The Morgan fingerprint density at radius 3 is 2.47 bits per heavy atom. The van der Waals surface area contributed by atoms with Gasteiger partial charge in [-0.3, -0.25) is 4.90 Å². The molecule has 1 aliphatic heterocycles. The molecule has 2 heterocycles. The topological polar surface area (TPSA) is 61.1 Å². The molecule has 6 heteroatoms. The molecule has 1 atom stereocenters. The molecular weight excluding hydrogens is 430 g/mol. The Morgan fingerprint density at radius 2 is 1.74 bits per heavy atom. The summed E-state index contributed by atoms with van der Waals surface area (Å²) >= 11 is 0.